The van der Waals surface area contributed by atoms with Gasteiger partial charge in [0.05, 0.1) is 6.61 Å². The molecule has 6 heteroatoms. The summed E-state index contributed by atoms with van der Waals surface area (Å²) in [7, 11) is 0. The first-order chi connectivity index (χ1) is 6.74. The molecule has 0 bridgehead atoms. The van der Waals surface area contributed by atoms with Crippen molar-refractivity contribution in [1.29, 1.82) is 0 Å². The van der Waals surface area contributed by atoms with E-state index < -0.39 is 11.2 Å². The predicted octanol–water partition coefficient (Wildman–Crippen LogP) is -0.126. The molecule has 78 valence electrons. The number of hydrogen-bond donors (Lipinski definition) is 1. The highest BCUT2D eigenvalue weighted by Gasteiger charge is 1.95. The van der Waals surface area contributed by atoms with E-state index in [1.54, 1.807) is 11.8 Å². The molecule has 0 unspecified atom stereocenters. The van der Waals surface area contributed by atoms with Crippen LogP contribution in [0.1, 0.15) is 0 Å². The Kier molecular flexibility index (Phi) is 4.48. The molecule has 0 amide bonds. The van der Waals surface area contributed by atoms with Crippen molar-refractivity contribution in [2.24, 2.45) is 0 Å². The molecule has 0 atom stereocenters. The minimum absolute atomic E-state index is 0.177. The Morgan fingerprint density at radius 3 is 3.00 bits per heavy atom. The lowest BCUT2D eigenvalue weighted by molar-refractivity contribution is 0.0863. The van der Waals surface area contributed by atoms with Crippen LogP contribution >= 0.6 is 11.8 Å². The summed E-state index contributed by atoms with van der Waals surface area (Å²) in [5, 5.41) is 0. The molecule has 1 aromatic heterocycles. The van der Waals surface area contributed by atoms with E-state index in [1.165, 1.54) is 16.8 Å². The van der Waals surface area contributed by atoms with Crippen LogP contribution in [0.15, 0.2) is 21.9 Å². The molecule has 14 heavy (non-hydrogen) atoms. The maximum absolute atomic E-state index is 11.1. The SMILES string of the molecule is CSCCOCn1ccc(=O)[nH]c1=O. The van der Waals surface area contributed by atoms with Gasteiger partial charge in [0.2, 0.25) is 0 Å². The Balaban J connectivity index is 2.51. The summed E-state index contributed by atoms with van der Waals surface area (Å²) in [5.74, 6) is 0.887. The van der Waals surface area contributed by atoms with Gasteiger partial charge in [0.15, 0.2) is 0 Å². The number of ether oxygens (including phenoxy) is 1. The molecular weight excluding hydrogens is 204 g/mol. The Morgan fingerprint density at radius 1 is 1.57 bits per heavy atom. The molecule has 1 rings (SSSR count). The normalized spacial score (nSPS) is 10.4. The third kappa shape index (κ3) is 3.39. The van der Waals surface area contributed by atoms with Crippen molar-refractivity contribution < 1.29 is 4.74 Å². The van der Waals surface area contributed by atoms with Gasteiger partial charge < -0.3 is 4.74 Å². The first kappa shape index (κ1) is 11.1. The van der Waals surface area contributed by atoms with Gasteiger partial charge in [-0.15, -0.1) is 0 Å². The van der Waals surface area contributed by atoms with Crippen LogP contribution < -0.4 is 11.2 Å². The van der Waals surface area contributed by atoms with Crippen LogP contribution in [0.25, 0.3) is 0 Å². The zero-order chi connectivity index (χ0) is 10.4. The summed E-state index contributed by atoms with van der Waals surface area (Å²) in [5.41, 5.74) is -0.836. The molecule has 0 saturated heterocycles. The molecule has 1 heterocycles. The van der Waals surface area contributed by atoms with Gasteiger partial charge in [0.25, 0.3) is 5.56 Å². The first-order valence-electron chi connectivity index (χ1n) is 4.10. The fourth-order valence-corrected chi connectivity index (χ4v) is 1.14. The van der Waals surface area contributed by atoms with E-state index in [-0.39, 0.29) is 6.73 Å². The van der Waals surface area contributed by atoms with E-state index in [9.17, 15) is 9.59 Å². The molecule has 0 aliphatic heterocycles. The summed E-state index contributed by atoms with van der Waals surface area (Å²) in [6, 6.07) is 1.29. The van der Waals surface area contributed by atoms with Crippen molar-refractivity contribution in [3.05, 3.63) is 33.1 Å². The third-order valence-corrected chi connectivity index (χ3v) is 2.13. The zero-order valence-electron chi connectivity index (χ0n) is 7.86. The predicted molar refractivity (Wildman–Crippen MR) is 55.7 cm³/mol. The van der Waals surface area contributed by atoms with Gasteiger partial charge in [0, 0.05) is 18.0 Å². The van der Waals surface area contributed by atoms with Crippen molar-refractivity contribution in [3.63, 3.8) is 0 Å². The second-order valence-corrected chi connectivity index (χ2v) is 3.60. The third-order valence-electron chi connectivity index (χ3n) is 1.56. The molecule has 0 fully saturated rings. The van der Waals surface area contributed by atoms with Crippen molar-refractivity contribution in [3.8, 4) is 0 Å². The van der Waals surface area contributed by atoms with E-state index in [0.29, 0.717) is 6.61 Å². The molecule has 0 saturated carbocycles. The summed E-state index contributed by atoms with van der Waals surface area (Å²) < 4.78 is 6.51. The van der Waals surface area contributed by atoms with Crippen LogP contribution in [0.2, 0.25) is 0 Å². The maximum atomic E-state index is 11.1. The molecule has 0 aliphatic carbocycles. The van der Waals surface area contributed by atoms with E-state index in [4.69, 9.17) is 4.74 Å². The topological polar surface area (TPSA) is 64.1 Å². The van der Waals surface area contributed by atoms with Gasteiger partial charge in [-0.2, -0.15) is 11.8 Å². The summed E-state index contributed by atoms with van der Waals surface area (Å²) in [6.07, 6.45) is 3.40. The number of aromatic nitrogens is 2. The highest BCUT2D eigenvalue weighted by atomic mass is 32.2. The van der Waals surface area contributed by atoms with Gasteiger partial charge in [-0.05, 0) is 6.26 Å². The fourth-order valence-electron chi connectivity index (χ4n) is 0.851. The van der Waals surface area contributed by atoms with Crippen molar-refractivity contribution in [2.75, 3.05) is 18.6 Å². The molecule has 0 spiro atoms. The van der Waals surface area contributed by atoms with Crippen LogP contribution in [0.4, 0.5) is 0 Å². The lowest BCUT2D eigenvalue weighted by atomic mass is 10.6. The maximum Gasteiger partial charge on any atom is 0.330 e. The Labute approximate surface area is 85.1 Å². The molecule has 0 aromatic carbocycles. The van der Waals surface area contributed by atoms with Crippen LogP contribution in [-0.2, 0) is 11.5 Å². The molecule has 1 N–H and O–H groups in total. The number of thioether (sulfide) groups is 1. The molecule has 0 radical (unpaired) electrons. The molecule has 1 aromatic rings. The van der Waals surface area contributed by atoms with Gasteiger partial charge in [0.1, 0.15) is 6.73 Å². The van der Waals surface area contributed by atoms with Gasteiger partial charge in [-0.3, -0.25) is 14.3 Å². The Morgan fingerprint density at radius 2 is 2.36 bits per heavy atom. The lowest BCUT2D eigenvalue weighted by Gasteiger charge is -2.04. The molecule has 5 nitrogen and oxygen atoms in total. The van der Waals surface area contributed by atoms with E-state index in [2.05, 4.69) is 4.98 Å². The van der Waals surface area contributed by atoms with Gasteiger partial charge >= 0.3 is 5.69 Å². The van der Waals surface area contributed by atoms with Crippen molar-refractivity contribution in [2.45, 2.75) is 6.73 Å². The summed E-state index contributed by atoms with van der Waals surface area (Å²) >= 11 is 1.67. The summed E-state index contributed by atoms with van der Waals surface area (Å²) in [4.78, 5) is 24.0. The van der Waals surface area contributed by atoms with Crippen LogP contribution in [0.5, 0.6) is 0 Å². The second kappa shape index (κ2) is 5.66. The molecular formula is C8H12N2O3S. The number of nitrogens with one attached hydrogen (secondary N) is 1. The Bertz CT molecular complexity index is 385. The summed E-state index contributed by atoms with van der Waals surface area (Å²) in [6.45, 7) is 0.767. The van der Waals surface area contributed by atoms with Crippen LogP contribution in [0, 0.1) is 0 Å². The molecule has 0 aliphatic rings. The number of nitrogens with zero attached hydrogens (tertiary/aromatic N) is 1. The zero-order valence-corrected chi connectivity index (χ0v) is 8.67. The van der Waals surface area contributed by atoms with Gasteiger partial charge in [-0.1, -0.05) is 0 Å². The smallest absolute Gasteiger partial charge is 0.330 e. The average Bonchev–Trinajstić information content (AvgIpc) is 2.15. The van der Waals surface area contributed by atoms with Crippen molar-refractivity contribution in [1.82, 2.24) is 9.55 Å². The number of H-pyrrole nitrogens is 1. The standard InChI is InChI=1S/C8H12N2O3S/c1-14-5-4-13-6-10-3-2-7(11)9-8(10)12/h2-3H,4-6H2,1H3,(H,9,11,12). The minimum atomic E-state index is -0.443. The fraction of sp³-hybridized carbons (Fsp3) is 0.500. The second-order valence-electron chi connectivity index (χ2n) is 2.61. The highest BCUT2D eigenvalue weighted by molar-refractivity contribution is 7.98. The lowest BCUT2D eigenvalue weighted by Crippen LogP contribution is -2.29. The number of hydrogen-bond acceptors (Lipinski definition) is 4. The average molecular weight is 216 g/mol. The van der Waals surface area contributed by atoms with E-state index in [0.717, 1.165) is 5.75 Å². The number of aromatic amines is 1. The first-order valence-corrected chi connectivity index (χ1v) is 5.50. The minimum Gasteiger partial charge on any atom is -0.360 e. The largest absolute Gasteiger partial charge is 0.360 e. The van der Waals surface area contributed by atoms with E-state index in [1.807, 2.05) is 6.26 Å². The quantitative estimate of drug-likeness (QED) is 0.697. The Hall–Kier alpha value is -1.01. The van der Waals surface area contributed by atoms with Crippen LogP contribution in [0.3, 0.4) is 0 Å². The van der Waals surface area contributed by atoms with E-state index >= 15 is 0 Å². The van der Waals surface area contributed by atoms with Crippen LogP contribution in [-0.4, -0.2) is 28.2 Å². The van der Waals surface area contributed by atoms with Crippen molar-refractivity contribution >= 4 is 11.8 Å². The highest BCUT2D eigenvalue weighted by Crippen LogP contribution is 1.91. The van der Waals surface area contributed by atoms with Gasteiger partial charge in [-0.25, -0.2) is 4.79 Å². The number of rotatable bonds is 5. The monoisotopic (exact) mass is 216 g/mol.